The van der Waals surface area contributed by atoms with Gasteiger partial charge in [0, 0.05) is 6.42 Å². The molecule has 1 fully saturated rings. The molecule has 1 aliphatic heterocycles. The molecule has 2 heteroatoms. The SMILES string of the molecule is COc1ccc(C(C)C)cc1CC1(C)CCO1. The van der Waals surface area contributed by atoms with Gasteiger partial charge in [-0.05, 0) is 36.5 Å². The lowest BCUT2D eigenvalue weighted by Crippen LogP contribution is -2.42. The van der Waals surface area contributed by atoms with Crippen LogP contribution in [0, 0.1) is 0 Å². The topological polar surface area (TPSA) is 18.5 Å². The molecule has 1 saturated heterocycles. The zero-order chi connectivity index (χ0) is 12.5. The van der Waals surface area contributed by atoms with Crippen LogP contribution < -0.4 is 4.74 Å². The van der Waals surface area contributed by atoms with Crippen molar-refractivity contribution < 1.29 is 9.47 Å². The van der Waals surface area contributed by atoms with E-state index in [0.717, 1.165) is 25.2 Å². The Bertz CT molecular complexity index is 392. The molecule has 1 unspecified atom stereocenters. The summed E-state index contributed by atoms with van der Waals surface area (Å²) in [4.78, 5) is 0. The Balaban J connectivity index is 2.25. The smallest absolute Gasteiger partial charge is 0.122 e. The highest BCUT2D eigenvalue weighted by atomic mass is 16.5. The van der Waals surface area contributed by atoms with E-state index in [9.17, 15) is 0 Å². The van der Waals surface area contributed by atoms with E-state index in [1.165, 1.54) is 11.1 Å². The standard InChI is InChI=1S/C15H22O2/c1-11(2)12-5-6-14(16-4)13(9-12)10-15(3)7-8-17-15/h5-6,9,11H,7-8,10H2,1-4H3. The summed E-state index contributed by atoms with van der Waals surface area (Å²) in [7, 11) is 1.73. The largest absolute Gasteiger partial charge is 0.496 e. The molecule has 2 rings (SSSR count). The normalized spacial score (nSPS) is 23.6. The Labute approximate surface area is 104 Å². The maximum Gasteiger partial charge on any atom is 0.122 e. The van der Waals surface area contributed by atoms with E-state index in [-0.39, 0.29) is 5.60 Å². The predicted molar refractivity (Wildman–Crippen MR) is 69.8 cm³/mol. The van der Waals surface area contributed by atoms with Crippen molar-refractivity contribution in [1.29, 1.82) is 0 Å². The van der Waals surface area contributed by atoms with Crippen LogP contribution in [0.2, 0.25) is 0 Å². The quantitative estimate of drug-likeness (QED) is 0.793. The van der Waals surface area contributed by atoms with Gasteiger partial charge >= 0.3 is 0 Å². The molecule has 0 radical (unpaired) electrons. The van der Waals surface area contributed by atoms with Crippen LogP contribution in [-0.4, -0.2) is 19.3 Å². The van der Waals surface area contributed by atoms with Crippen molar-refractivity contribution in [2.45, 2.75) is 45.1 Å². The summed E-state index contributed by atoms with van der Waals surface area (Å²) in [6.07, 6.45) is 2.08. The number of benzene rings is 1. The van der Waals surface area contributed by atoms with Gasteiger partial charge in [0.05, 0.1) is 19.3 Å². The first-order valence-corrected chi connectivity index (χ1v) is 6.35. The van der Waals surface area contributed by atoms with Gasteiger partial charge in [0.2, 0.25) is 0 Å². The average molecular weight is 234 g/mol. The van der Waals surface area contributed by atoms with Crippen LogP contribution in [0.1, 0.15) is 44.2 Å². The van der Waals surface area contributed by atoms with Crippen LogP contribution in [0.4, 0.5) is 0 Å². The summed E-state index contributed by atoms with van der Waals surface area (Å²) in [5, 5.41) is 0. The molecule has 0 N–H and O–H groups in total. The molecule has 0 saturated carbocycles. The second-order valence-electron chi connectivity index (χ2n) is 5.45. The lowest BCUT2D eigenvalue weighted by Gasteiger charge is -2.39. The molecule has 2 nitrogen and oxygen atoms in total. The molecule has 1 atom stereocenters. The first-order chi connectivity index (χ1) is 8.04. The van der Waals surface area contributed by atoms with E-state index >= 15 is 0 Å². The Morgan fingerprint density at radius 1 is 1.41 bits per heavy atom. The van der Waals surface area contributed by atoms with Gasteiger partial charge in [0.1, 0.15) is 5.75 Å². The van der Waals surface area contributed by atoms with Crippen molar-refractivity contribution in [3.8, 4) is 5.75 Å². The highest BCUT2D eigenvalue weighted by Crippen LogP contribution is 2.34. The number of hydrogen-bond acceptors (Lipinski definition) is 2. The van der Waals surface area contributed by atoms with E-state index in [4.69, 9.17) is 9.47 Å². The van der Waals surface area contributed by atoms with Crippen LogP contribution in [0.25, 0.3) is 0 Å². The Morgan fingerprint density at radius 3 is 2.59 bits per heavy atom. The maximum atomic E-state index is 5.67. The molecule has 1 aliphatic rings. The Morgan fingerprint density at radius 2 is 2.12 bits per heavy atom. The molecule has 17 heavy (non-hydrogen) atoms. The minimum Gasteiger partial charge on any atom is -0.496 e. The van der Waals surface area contributed by atoms with Gasteiger partial charge in [-0.3, -0.25) is 0 Å². The third-order valence-corrected chi connectivity index (χ3v) is 3.62. The summed E-state index contributed by atoms with van der Waals surface area (Å²) in [6.45, 7) is 7.50. The van der Waals surface area contributed by atoms with Gasteiger partial charge in [-0.1, -0.05) is 26.0 Å². The maximum absolute atomic E-state index is 5.67. The van der Waals surface area contributed by atoms with E-state index < -0.39 is 0 Å². The molecule has 0 amide bonds. The summed E-state index contributed by atoms with van der Waals surface area (Å²) in [6, 6.07) is 6.49. The van der Waals surface area contributed by atoms with Crippen molar-refractivity contribution in [1.82, 2.24) is 0 Å². The lowest BCUT2D eigenvalue weighted by atomic mass is 9.87. The highest BCUT2D eigenvalue weighted by molar-refractivity contribution is 5.39. The molecule has 0 spiro atoms. The minimum atomic E-state index is 0.0167. The zero-order valence-electron chi connectivity index (χ0n) is 11.2. The first kappa shape index (κ1) is 12.4. The Hall–Kier alpha value is -1.02. The minimum absolute atomic E-state index is 0.0167. The van der Waals surface area contributed by atoms with Gasteiger partial charge in [-0.15, -0.1) is 0 Å². The zero-order valence-corrected chi connectivity index (χ0v) is 11.2. The molecular weight excluding hydrogens is 212 g/mol. The molecule has 1 heterocycles. The molecule has 0 bridgehead atoms. The van der Waals surface area contributed by atoms with Crippen LogP contribution >= 0.6 is 0 Å². The average Bonchev–Trinajstić information content (AvgIpc) is 2.26. The molecule has 1 aromatic rings. The van der Waals surface area contributed by atoms with Crippen molar-refractivity contribution >= 4 is 0 Å². The summed E-state index contributed by atoms with van der Waals surface area (Å²) < 4.78 is 11.1. The molecular formula is C15H22O2. The molecule has 0 aliphatic carbocycles. The number of rotatable bonds is 4. The van der Waals surface area contributed by atoms with Crippen molar-refractivity contribution in [2.75, 3.05) is 13.7 Å². The van der Waals surface area contributed by atoms with Crippen molar-refractivity contribution in [2.24, 2.45) is 0 Å². The van der Waals surface area contributed by atoms with Crippen LogP contribution in [-0.2, 0) is 11.2 Å². The third kappa shape index (κ3) is 2.63. The van der Waals surface area contributed by atoms with Crippen LogP contribution in [0.3, 0.4) is 0 Å². The third-order valence-electron chi connectivity index (χ3n) is 3.62. The monoisotopic (exact) mass is 234 g/mol. The second-order valence-corrected chi connectivity index (χ2v) is 5.45. The van der Waals surface area contributed by atoms with E-state index in [1.807, 2.05) is 0 Å². The van der Waals surface area contributed by atoms with Crippen LogP contribution in [0.15, 0.2) is 18.2 Å². The van der Waals surface area contributed by atoms with E-state index in [2.05, 4.69) is 39.0 Å². The summed E-state index contributed by atoms with van der Waals surface area (Å²) in [5.41, 5.74) is 2.65. The van der Waals surface area contributed by atoms with Gasteiger partial charge in [0.25, 0.3) is 0 Å². The van der Waals surface area contributed by atoms with Crippen LogP contribution in [0.5, 0.6) is 5.75 Å². The summed E-state index contributed by atoms with van der Waals surface area (Å²) in [5.74, 6) is 1.53. The predicted octanol–water partition coefficient (Wildman–Crippen LogP) is 3.54. The molecule has 0 aromatic heterocycles. The fourth-order valence-corrected chi connectivity index (χ4v) is 2.29. The fourth-order valence-electron chi connectivity index (χ4n) is 2.29. The fraction of sp³-hybridized carbons (Fsp3) is 0.600. The Kier molecular flexibility index (Phi) is 3.43. The van der Waals surface area contributed by atoms with E-state index in [0.29, 0.717) is 5.92 Å². The van der Waals surface area contributed by atoms with Gasteiger partial charge < -0.3 is 9.47 Å². The first-order valence-electron chi connectivity index (χ1n) is 6.35. The number of ether oxygens (including phenoxy) is 2. The number of methoxy groups -OCH3 is 1. The molecule has 1 aromatic carbocycles. The van der Waals surface area contributed by atoms with Gasteiger partial charge in [-0.2, -0.15) is 0 Å². The van der Waals surface area contributed by atoms with Crippen molar-refractivity contribution in [3.63, 3.8) is 0 Å². The van der Waals surface area contributed by atoms with Gasteiger partial charge in [0.15, 0.2) is 0 Å². The van der Waals surface area contributed by atoms with E-state index in [1.54, 1.807) is 7.11 Å². The lowest BCUT2D eigenvalue weighted by molar-refractivity contribution is -0.133. The summed E-state index contributed by atoms with van der Waals surface area (Å²) >= 11 is 0. The van der Waals surface area contributed by atoms with Gasteiger partial charge in [-0.25, -0.2) is 0 Å². The number of hydrogen-bond donors (Lipinski definition) is 0. The van der Waals surface area contributed by atoms with Crippen molar-refractivity contribution in [3.05, 3.63) is 29.3 Å². The molecule has 94 valence electrons. The highest BCUT2D eigenvalue weighted by Gasteiger charge is 2.34. The second kappa shape index (κ2) is 4.69.